The molecule has 0 amide bonds. The smallest absolute Gasteiger partial charge is 0.119 e. The number of nitrogens with one attached hydrogen (secondary N) is 1. The Bertz CT molecular complexity index is 399. The quantitative estimate of drug-likeness (QED) is 0.719. The summed E-state index contributed by atoms with van der Waals surface area (Å²) >= 11 is 5.78. The van der Waals surface area contributed by atoms with E-state index in [1.54, 1.807) is 24.3 Å². The Kier molecular flexibility index (Phi) is 6.10. The molecule has 1 saturated carbocycles. The van der Waals surface area contributed by atoms with Crippen molar-refractivity contribution in [3.8, 4) is 5.75 Å². The van der Waals surface area contributed by atoms with Gasteiger partial charge < -0.3 is 20.3 Å². The van der Waals surface area contributed by atoms with Crippen LogP contribution in [0.25, 0.3) is 0 Å². The van der Waals surface area contributed by atoms with Crippen molar-refractivity contribution < 1.29 is 14.9 Å². The largest absolute Gasteiger partial charge is 0.491 e. The fraction of sp³-hybridized carbons (Fsp3) is 0.600. The number of benzene rings is 1. The summed E-state index contributed by atoms with van der Waals surface area (Å²) in [5.41, 5.74) is 0. The van der Waals surface area contributed by atoms with Crippen LogP contribution in [0.4, 0.5) is 0 Å². The molecule has 0 spiro atoms. The Morgan fingerprint density at radius 2 is 2.05 bits per heavy atom. The second-order valence-corrected chi connectivity index (χ2v) is 5.77. The Morgan fingerprint density at radius 3 is 2.70 bits per heavy atom. The molecule has 20 heavy (non-hydrogen) atoms. The molecule has 0 radical (unpaired) electrons. The number of rotatable bonds is 7. The number of halogens is 1. The molecule has 3 N–H and O–H groups in total. The summed E-state index contributed by atoms with van der Waals surface area (Å²) in [6.07, 6.45) is 2.30. The van der Waals surface area contributed by atoms with Crippen LogP contribution in [0.3, 0.4) is 0 Å². The second-order valence-electron chi connectivity index (χ2n) is 5.34. The fourth-order valence-corrected chi connectivity index (χ4v) is 2.60. The number of hydrogen-bond acceptors (Lipinski definition) is 4. The molecular weight excluding hydrogens is 278 g/mol. The standard InChI is InChI=1S/C15H22ClNO3/c16-12-4-6-14(7-5-12)20-10-13(18)9-17-8-11-2-1-3-15(11)19/h4-7,11,13,15,17-19H,1-3,8-10H2. The molecule has 2 rings (SSSR count). The Morgan fingerprint density at radius 1 is 1.30 bits per heavy atom. The summed E-state index contributed by atoms with van der Waals surface area (Å²) in [4.78, 5) is 0. The highest BCUT2D eigenvalue weighted by Gasteiger charge is 2.24. The maximum Gasteiger partial charge on any atom is 0.119 e. The van der Waals surface area contributed by atoms with Crippen LogP contribution in [0.1, 0.15) is 19.3 Å². The molecule has 1 aromatic rings. The third kappa shape index (κ3) is 4.94. The summed E-state index contributed by atoms with van der Waals surface area (Å²) in [5.74, 6) is 1.01. The van der Waals surface area contributed by atoms with Crippen LogP contribution < -0.4 is 10.1 Å². The molecule has 4 nitrogen and oxygen atoms in total. The van der Waals surface area contributed by atoms with Crippen molar-refractivity contribution in [3.63, 3.8) is 0 Å². The number of aliphatic hydroxyl groups is 2. The van der Waals surface area contributed by atoms with Gasteiger partial charge in [0.15, 0.2) is 0 Å². The van der Waals surface area contributed by atoms with E-state index in [9.17, 15) is 10.2 Å². The summed E-state index contributed by atoms with van der Waals surface area (Å²) in [6.45, 7) is 1.46. The molecule has 0 aliphatic heterocycles. The third-order valence-corrected chi connectivity index (χ3v) is 3.91. The van der Waals surface area contributed by atoms with Crippen LogP contribution in [0, 0.1) is 5.92 Å². The molecule has 0 heterocycles. The van der Waals surface area contributed by atoms with Gasteiger partial charge in [-0.25, -0.2) is 0 Å². The van der Waals surface area contributed by atoms with Crippen molar-refractivity contribution in [2.24, 2.45) is 5.92 Å². The molecule has 5 heteroatoms. The normalized spacial score (nSPS) is 23.8. The van der Waals surface area contributed by atoms with E-state index in [1.807, 2.05) is 0 Å². The minimum Gasteiger partial charge on any atom is -0.491 e. The van der Waals surface area contributed by atoms with Crippen LogP contribution >= 0.6 is 11.6 Å². The van der Waals surface area contributed by atoms with E-state index >= 15 is 0 Å². The molecule has 0 bridgehead atoms. The first-order chi connectivity index (χ1) is 9.65. The Labute approximate surface area is 124 Å². The van der Waals surface area contributed by atoms with Gasteiger partial charge in [0.05, 0.1) is 6.10 Å². The Balaban J connectivity index is 1.60. The van der Waals surface area contributed by atoms with Gasteiger partial charge in [-0.2, -0.15) is 0 Å². The molecule has 1 aliphatic carbocycles. The van der Waals surface area contributed by atoms with Crippen LogP contribution in [-0.2, 0) is 0 Å². The average Bonchev–Trinajstić information content (AvgIpc) is 2.84. The monoisotopic (exact) mass is 299 g/mol. The molecule has 3 atom stereocenters. The summed E-state index contributed by atoms with van der Waals surface area (Å²) in [5, 5.41) is 23.4. The lowest BCUT2D eigenvalue weighted by atomic mass is 10.1. The minimum absolute atomic E-state index is 0.190. The van der Waals surface area contributed by atoms with E-state index < -0.39 is 6.10 Å². The van der Waals surface area contributed by atoms with Gasteiger partial charge in [-0.3, -0.25) is 0 Å². The second kappa shape index (κ2) is 7.84. The molecule has 1 fully saturated rings. The zero-order valence-electron chi connectivity index (χ0n) is 11.5. The van der Waals surface area contributed by atoms with Gasteiger partial charge in [0.25, 0.3) is 0 Å². The van der Waals surface area contributed by atoms with Crippen molar-refractivity contribution >= 4 is 11.6 Å². The number of aliphatic hydroxyl groups excluding tert-OH is 2. The maximum absolute atomic E-state index is 9.83. The lowest BCUT2D eigenvalue weighted by Gasteiger charge is -2.17. The van der Waals surface area contributed by atoms with Crippen LogP contribution in [0.15, 0.2) is 24.3 Å². The molecule has 3 unspecified atom stereocenters. The van der Waals surface area contributed by atoms with E-state index in [4.69, 9.17) is 16.3 Å². The van der Waals surface area contributed by atoms with Gasteiger partial charge in [0.2, 0.25) is 0 Å². The van der Waals surface area contributed by atoms with E-state index in [0.29, 0.717) is 23.2 Å². The topological polar surface area (TPSA) is 61.7 Å². The molecule has 1 aromatic carbocycles. The van der Waals surface area contributed by atoms with Crippen molar-refractivity contribution in [1.29, 1.82) is 0 Å². The predicted octanol–water partition coefficient (Wildman–Crippen LogP) is 1.83. The third-order valence-electron chi connectivity index (χ3n) is 3.66. The van der Waals surface area contributed by atoms with E-state index in [-0.39, 0.29) is 12.7 Å². The lowest BCUT2D eigenvalue weighted by Crippen LogP contribution is -2.35. The zero-order chi connectivity index (χ0) is 14.4. The van der Waals surface area contributed by atoms with Crippen LogP contribution in [-0.4, -0.2) is 42.1 Å². The van der Waals surface area contributed by atoms with Gasteiger partial charge in [0.1, 0.15) is 18.5 Å². The molecule has 0 saturated heterocycles. The van der Waals surface area contributed by atoms with E-state index in [1.165, 1.54) is 0 Å². The molecule has 0 aromatic heterocycles. The van der Waals surface area contributed by atoms with E-state index in [2.05, 4.69) is 5.32 Å². The summed E-state index contributed by atoms with van der Waals surface area (Å²) < 4.78 is 5.47. The van der Waals surface area contributed by atoms with Crippen LogP contribution in [0.2, 0.25) is 5.02 Å². The van der Waals surface area contributed by atoms with E-state index in [0.717, 1.165) is 25.8 Å². The van der Waals surface area contributed by atoms with Crippen molar-refractivity contribution in [2.45, 2.75) is 31.5 Å². The van der Waals surface area contributed by atoms with Gasteiger partial charge in [0, 0.05) is 18.1 Å². The van der Waals surface area contributed by atoms with Gasteiger partial charge in [-0.1, -0.05) is 18.0 Å². The zero-order valence-corrected chi connectivity index (χ0v) is 12.2. The first-order valence-electron chi connectivity index (χ1n) is 7.10. The van der Waals surface area contributed by atoms with Gasteiger partial charge >= 0.3 is 0 Å². The SMILES string of the molecule is OC(CNCC1CCCC1O)COc1ccc(Cl)cc1. The van der Waals surface area contributed by atoms with Crippen molar-refractivity contribution in [2.75, 3.05) is 19.7 Å². The highest BCUT2D eigenvalue weighted by Crippen LogP contribution is 2.24. The summed E-state index contributed by atoms with van der Waals surface area (Å²) in [6, 6.07) is 7.06. The Hall–Kier alpha value is -0.810. The van der Waals surface area contributed by atoms with Gasteiger partial charge in [-0.05, 0) is 43.0 Å². The number of hydrogen-bond donors (Lipinski definition) is 3. The molecular formula is C15H22ClNO3. The van der Waals surface area contributed by atoms with Crippen LogP contribution in [0.5, 0.6) is 5.75 Å². The van der Waals surface area contributed by atoms with Gasteiger partial charge in [-0.15, -0.1) is 0 Å². The maximum atomic E-state index is 9.83. The lowest BCUT2D eigenvalue weighted by molar-refractivity contribution is 0.0981. The highest BCUT2D eigenvalue weighted by molar-refractivity contribution is 6.30. The predicted molar refractivity (Wildman–Crippen MR) is 79.2 cm³/mol. The first kappa shape index (κ1) is 15.6. The fourth-order valence-electron chi connectivity index (χ4n) is 2.47. The molecule has 1 aliphatic rings. The first-order valence-corrected chi connectivity index (χ1v) is 7.48. The van der Waals surface area contributed by atoms with Crippen molar-refractivity contribution in [3.05, 3.63) is 29.3 Å². The van der Waals surface area contributed by atoms with Crippen molar-refractivity contribution in [1.82, 2.24) is 5.32 Å². The minimum atomic E-state index is -0.566. The summed E-state index contributed by atoms with van der Waals surface area (Å²) in [7, 11) is 0. The number of ether oxygens (including phenoxy) is 1. The average molecular weight is 300 g/mol. The molecule has 112 valence electrons. The highest BCUT2D eigenvalue weighted by atomic mass is 35.5.